The third-order valence-electron chi connectivity index (χ3n) is 3.68. The topological polar surface area (TPSA) is 46.3 Å². The SMILES string of the molecule is CC(c1cc2ccccc2o1)N(C)C(=O)c1ccncc1. The normalized spacial score (nSPS) is 12.3. The molecule has 1 amide bonds. The molecule has 106 valence electrons. The van der Waals surface area contributed by atoms with Gasteiger partial charge >= 0.3 is 0 Å². The Bertz CT molecular complexity index is 732. The molecule has 0 aliphatic carbocycles. The van der Waals surface area contributed by atoms with Gasteiger partial charge in [0.25, 0.3) is 5.91 Å². The van der Waals surface area contributed by atoms with Crippen molar-refractivity contribution >= 4 is 16.9 Å². The minimum atomic E-state index is -0.141. The van der Waals surface area contributed by atoms with Crippen LogP contribution in [-0.2, 0) is 0 Å². The predicted octanol–water partition coefficient (Wildman–Crippen LogP) is 3.66. The minimum absolute atomic E-state index is 0.0506. The van der Waals surface area contributed by atoms with Crippen LogP contribution in [0.3, 0.4) is 0 Å². The molecule has 4 heteroatoms. The molecule has 21 heavy (non-hydrogen) atoms. The highest BCUT2D eigenvalue weighted by molar-refractivity contribution is 5.94. The second-order valence-corrected chi connectivity index (χ2v) is 5.01. The summed E-state index contributed by atoms with van der Waals surface area (Å²) in [5, 5.41) is 1.05. The van der Waals surface area contributed by atoms with Crippen molar-refractivity contribution in [3.8, 4) is 0 Å². The average Bonchev–Trinajstić information content (AvgIpc) is 2.97. The molecule has 0 aliphatic rings. The highest BCUT2D eigenvalue weighted by Crippen LogP contribution is 2.27. The Labute approximate surface area is 123 Å². The lowest BCUT2D eigenvalue weighted by Crippen LogP contribution is -2.29. The summed E-state index contributed by atoms with van der Waals surface area (Å²) in [4.78, 5) is 18.0. The van der Waals surface area contributed by atoms with Gasteiger partial charge in [-0.3, -0.25) is 9.78 Å². The van der Waals surface area contributed by atoms with E-state index in [-0.39, 0.29) is 11.9 Å². The number of para-hydroxylation sites is 1. The van der Waals surface area contributed by atoms with E-state index in [1.807, 2.05) is 37.3 Å². The first-order valence-corrected chi connectivity index (χ1v) is 6.82. The van der Waals surface area contributed by atoms with E-state index in [0.29, 0.717) is 5.56 Å². The van der Waals surface area contributed by atoms with Crippen LogP contribution in [0.5, 0.6) is 0 Å². The van der Waals surface area contributed by atoms with Gasteiger partial charge in [0.15, 0.2) is 0 Å². The molecule has 1 unspecified atom stereocenters. The maximum Gasteiger partial charge on any atom is 0.254 e. The fourth-order valence-corrected chi connectivity index (χ4v) is 2.27. The fraction of sp³-hybridized carbons (Fsp3) is 0.176. The Balaban J connectivity index is 1.87. The van der Waals surface area contributed by atoms with E-state index in [2.05, 4.69) is 4.98 Å². The number of hydrogen-bond donors (Lipinski definition) is 0. The summed E-state index contributed by atoms with van der Waals surface area (Å²) in [5.74, 6) is 0.728. The van der Waals surface area contributed by atoms with E-state index in [9.17, 15) is 4.79 Å². The summed E-state index contributed by atoms with van der Waals surface area (Å²) in [5.41, 5.74) is 1.46. The number of aromatic nitrogens is 1. The van der Waals surface area contributed by atoms with E-state index in [1.165, 1.54) is 0 Å². The second kappa shape index (κ2) is 5.40. The lowest BCUT2D eigenvalue weighted by atomic mass is 10.1. The van der Waals surface area contributed by atoms with Gasteiger partial charge in [0, 0.05) is 30.4 Å². The summed E-state index contributed by atoms with van der Waals surface area (Å²) >= 11 is 0. The van der Waals surface area contributed by atoms with Gasteiger partial charge in [0.1, 0.15) is 11.3 Å². The summed E-state index contributed by atoms with van der Waals surface area (Å²) in [6.45, 7) is 1.96. The fourth-order valence-electron chi connectivity index (χ4n) is 2.27. The number of hydrogen-bond acceptors (Lipinski definition) is 3. The van der Waals surface area contributed by atoms with Crippen LogP contribution in [0.25, 0.3) is 11.0 Å². The third-order valence-corrected chi connectivity index (χ3v) is 3.68. The van der Waals surface area contributed by atoms with Crippen molar-refractivity contribution < 1.29 is 9.21 Å². The van der Waals surface area contributed by atoms with Crippen molar-refractivity contribution in [3.63, 3.8) is 0 Å². The Kier molecular flexibility index (Phi) is 3.44. The Morgan fingerprint density at radius 1 is 1.19 bits per heavy atom. The molecular weight excluding hydrogens is 264 g/mol. The van der Waals surface area contributed by atoms with Crippen molar-refractivity contribution in [3.05, 3.63) is 66.2 Å². The second-order valence-electron chi connectivity index (χ2n) is 5.01. The average molecular weight is 280 g/mol. The molecular formula is C17H16N2O2. The highest BCUT2D eigenvalue weighted by atomic mass is 16.3. The van der Waals surface area contributed by atoms with Gasteiger partial charge in [-0.05, 0) is 31.2 Å². The molecule has 0 fully saturated rings. The molecule has 0 radical (unpaired) electrons. The molecule has 2 aromatic heterocycles. The largest absolute Gasteiger partial charge is 0.459 e. The Morgan fingerprint density at radius 2 is 1.90 bits per heavy atom. The number of furan rings is 1. The highest BCUT2D eigenvalue weighted by Gasteiger charge is 2.21. The van der Waals surface area contributed by atoms with Crippen LogP contribution < -0.4 is 0 Å². The minimum Gasteiger partial charge on any atom is -0.459 e. The van der Waals surface area contributed by atoms with Gasteiger partial charge in [0.05, 0.1) is 6.04 Å². The third kappa shape index (κ3) is 2.52. The zero-order chi connectivity index (χ0) is 14.8. The van der Waals surface area contributed by atoms with Crippen LogP contribution in [-0.4, -0.2) is 22.8 Å². The van der Waals surface area contributed by atoms with Gasteiger partial charge < -0.3 is 9.32 Å². The Hall–Kier alpha value is -2.62. The lowest BCUT2D eigenvalue weighted by molar-refractivity contribution is 0.0727. The molecule has 1 atom stereocenters. The van der Waals surface area contributed by atoms with Gasteiger partial charge in [-0.25, -0.2) is 0 Å². The standard InChI is InChI=1S/C17H16N2O2/c1-12(16-11-14-5-3-4-6-15(14)21-16)19(2)17(20)13-7-9-18-10-8-13/h3-12H,1-2H3. The van der Waals surface area contributed by atoms with E-state index in [4.69, 9.17) is 4.42 Å². The first-order valence-electron chi connectivity index (χ1n) is 6.82. The quantitative estimate of drug-likeness (QED) is 0.735. The molecule has 0 aliphatic heterocycles. The molecule has 0 bridgehead atoms. The molecule has 0 saturated carbocycles. The van der Waals surface area contributed by atoms with Gasteiger partial charge in [-0.2, -0.15) is 0 Å². The van der Waals surface area contributed by atoms with Crippen LogP contribution in [0.4, 0.5) is 0 Å². The summed E-state index contributed by atoms with van der Waals surface area (Å²) in [6.07, 6.45) is 3.24. The Morgan fingerprint density at radius 3 is 2.62 bits per heavy atom. The van der Waals surface area contributed by atoms with Gasteiger partial charge in [-0.1, -0.05) is 18.2 Å². The first-order chi connectivity index (χ1) is 10.2. The van der Waals surface area contributed by atoms with E-state index >= 15 is 0 Å². The lowest BCUT2D eigenvalue weighted by Gasteiger charge is -2.23. The van der Waals surface area contributed by atoms with Gasteiger partial charge in [-0.15, -0.1) is 0 Å². The molecule has 3 rings (SSSR count). The predicted molar refractivity (Wildman–Crippen MR) is 81.0 cm³/mol. The van der Waals surface area contributed by atoms with Crippen LogP contribution in [0.1, 0.15) is 29.1 Å². The number of nitrogens with zero attached hydrogens (tertiary/aromatic N) is 2. The molecule has 3 aromatic rings. The zero-order valence-electron chi connectivity index (χ0n) is 12.0. The van der Waals surface area contributed by atoms with Crippen LogP contribution in [0.2, 0.25) is 0 Å². The number of rotatable bonds is 3. The van der Waals surface area contributed by atoms with E-state index in [1.54, 1.807) is 36.5 Å². The van der Waals surface area contributed by atoms with Crippen molar-refractivity contribution in [2.24, 2.45) is 0 Å². The number of fused-ring (bicyclic) bond motifs is 1. The number of benzene rings is 1. The van der Waals surface area contributed by atoms with Crippen LogP contribution >= 0.6 is 0 Å². The van der Waals surface area contributed by atoms with E-state index in [0.717, 1.165) is 16.7 Å². The molecule has 0 N–H and O–H groups in total. The maximum atomic E-state index is 12.4. The summed E-state index contributed by atoms with van der Waals surface area (Å²) < 4.78 is 5.83. The molecule has 2 heterocycles. The van der Waals surface area contributed by atoms with Crippen LogP contribution in [0.15, 0.2) is 59.3 Å². The molecule has 0 spiro atoms. The number of amides is 1. The molecule has 0 saturated heterocycles. The van der Waals surface area contributed by atoms with E-state index < -0.39 is 0 Å². The molecule has 1 aromatic carbocycles. The number of carbonyl (C=O) groups excluding carboxylic acids is 1. The smallest absolute Gasteiger partial charge is 0.254 e. The van der Waals surface area contributed by atoms with Crippen molar-refractivity contribution in [2.75, 3.05) is 7.05 Å². The van der Waals surface area contributed by atoms with Crippen LogP contribution in [0, 0.1) is 0 Å². The monoisotopic (exact) mass is 280 g/mol. The number of pyridine rings is 1. The molecule has 4 nitrogen and oxygen atoms in total. The van der Waals surface area contributed by atoms with Crippen molar-refractivity contribution in [1.82, 2.24) is 9.88 Å². The van der Waals surface area contributed by atoms with Gasteiger partial charge in [0.2, 0.25) is 0 Å². The zero-order valence-corrected chi connectivity index (χ0v) is 12.0. The number of carbonyl (C=O) groups is 1. The first kappa shape index (κ1) is 13.4. The summed E-state index contributed by atoms with van der Waals surface area (Å²) in [6, 6.07) is 13.1. The van der Waals surface area contributed by atoms with Crippen molar-refractivity contribution in [1.29, 1.82) is 0 Å². The summed E-state index contributed by atoms with van der Waals surface area (Å²) in [7, 11) is 1.78. The van der Waals surface area contributed by atoms with Crippen molar-refractivity contribution in [2.45, 2.75) is 13.0 Å². The maximum absolute atomic E-state index is 12.4.